The molecular formula is C21H15NO5. The van der Waals surface area contributed by atoms with Crippen LogP contribution in [0.2, 0.25) is 0 Å². The maximum absolute atomic E-state index is 13.0. The highest BCUT2D eigenvalue weighted by atomic mass is 16.4. The summed E-state index contributed by atoms with van der Waals surface area (Å²) in [5.74, 6) is -1.07. The molecule has 0 spiro atoms. The lowest BCUT2D eigenvalue weighted by Gasteiger charge is -2.17. The van der Waals surface area contributed by atoms with Crippen molar-refractivity contribution >= 4 is 11.0 Å². The zero-order valence-corrected chi connectivity index (χ0v) is 14.3. The maximum Gasteiger partial charge on any atom is 0.343 e. The van der Waals surface area contributed by atoms with Crippen LogP contribution in [0.1, 0.15) is 5.56 Å². The number of aromatic nitrogens is 1. The van der Waals surface area contributed by atoms with Gasteiger partial charge in [-0.25, -0.2) is 4.79 Å². The van der Waals surface area contributed by atoms with Gasteiger partial charge in [-0.3, -0.25) is 0 Å². The van der Waals surface area contributed by atoms with Gasteiger partial charge in [0.1, 0.15) is 16.9 Å². The number of hydrogen-bond donors (Lipinski definition) is 2. The third kappa shape index (κ3) is 2.67. The second-order valence-electron chi connectivity index (χ2n) is 6.20. The van der Waals surface area contributed by atoms with Gasteiger partial charge in [-0.05, 0) is 30.7 Å². The molecule has 0 fully saturated rings. The van der Waals surface area contributed by atoms with Gasteiger partial charge >= 0.3 is 5.63 Å². The number of phenols is 2. The minimum atomic E-state index is -0.878. The molecule has 2 aromatic carbocycles. The molecule has 6 heteroatoms. The van der Waals surface area contributed by atoms with E-state index >= 15 is 0 Å². The molecular weight excluding hydrogens is 346 g/mol. The van der Waals surface area contributed by atoms with Crippen molar-refractivity contribution in [2.24, 2.45) is 0 Å². The standard InChI is InChI=1S/C21H15NO5/c1-12-5-6-13-16(11-12)27-21(26)18(20(13)25)17-14(23)7-8-15(24)19(17)22-9-3-2-4-10-22/h2-11H,1H3,(H2-,23,24,25,26). The summed E-state index contributed by atoms with van der Waals surface area (Å²) in [5.41, 5.74) is -0.136. The average Bonchev–Trinajstić information content (AvgIpc) is 2.65. The highest BCUT2D eigenvalue weighted by Gasteiger charge is 2.26. The van der Waals surface area contributed by atoms with Gasteiger partial charge in [0.05, 0.1) is 5.56 Å². The molecule has 27 heavy (non-hydrogen) atoms. The molecule has 0 amide bonds. The summed E-state index contributed by atoms with van der Waals surface area (Å²) in [7, 11) is 0. The first kappa shape index (κ1) is 16.7. The quantitative estimate of drug-likeness (QED) is 0.325. The first-order valence-corrected chi connectivity index (χ1v) is 8.24. The number of hydrogen-bond acceptors (Lipinski definition) is 5. The van der Waals surface area contributed by atoms with E-state index in [1.165, 1.54) is 16.7 Å². The number of fused-ring (bicyclic) bond motifs is 1. The topological polar surface area (TPSA) is 97.6 Å². The number of aromatic hydroxyl groups is 2. The van der Waals surface area contributed by atoms with Crippen LogP contribution in [0.25, 0.3) is 27.8 Å². The number of phenolic OH excluding ortho intramolecular Hbond substituents is 2. The van der Waals surface area contributed by atoms with E-state index in [1.807, 2.05) is 6.92 Å². The molecule has 0 radical (unpaired) electrons. The van der Waals surface area contributed by atoms with Crippen LogP contribution in [-0.2, 0) is 0 Å². The van der Waals surface area contributed by atoms with E-state index in [-0.39, 0.29) is 39.3 Å². The predicted molar refractivity (Wildman–Crippen MR) is 97.0 cm³/mol. The number of aryl methyl sites for hydroxylation is 1. The largest absolute Gasteiger partial charge is 0.871 e. The average molecular weight is 361 g/mol. The summed E-state index contributed by atoms with van der Waals surface area (Å²) in [6.07, 6.45) is 3.27. The van der Waals surface area contributed by atoms with E-state index in [0.717, 1.165) is 5.56 Å². The number of benzene rings is 2. The van der Waals surface area contributed by atoms with Gasteiger partial charge in [0.2, 0.25) is 0 Å². The molecule has 2 aromatic heterocycles. The van der Waals surface area contributed by atoms with Crippen LogP contribution in [0.15, 0.2) is 70.1 Å². The third-order valence-corrected chi connectivity index (χ3v) is 4.37. The van der Waals surface area contributed by atoms with Crippen molar-refractivity contribution in [1.29, 1.82) is 0 Å². The minimum Gasteiger partial charge on any atom is -0.871 e. The zero-order valence-electron chi connectivity index (χ0n) is 14.3. The van der Waals surface area contributed by atoms with Gasteiger partial charge in [0, 0.05) is 17.5 Å². The van der Waals surface area contributed by atoms with Crippen LogP contribution in [0.5, 0.6) is 17.2 Å². The van der Waals surface area contributed by atoms with Crippen LogP contribution < -0.4 is 15.3 Å². The van der Waals surface area contributed by atoms with E-state index < -0.39 is 11.4 Å². The Labute approximate surface area is 153 Å². The molecule has 0 bridgehead atoms. The molecule has 2 heterocycles. The molecule has 4 aromatic rings. The van der Waals surface area contributed by atoms with Gasteiger partial charge in [-0.2, -0.15) is 4.57 Å². The fraction of sp³-hybridized carbons (Fsp3) is 0.0476. The summed E-state index contributed by atoms with van der Waals surface area (Å²) in [6.45, 7) is 1.82. The van der Waals surface area contributed by atoms with Crippen LogP contribution in [0.3, 0.4) is 0 Å². The lowest BCUT2D eigenvalue weighted by atomic mass is 10.00. The Balaban J connectivity index is 2.13. The molecule has 0 saturated heterocycles. The smallest absolute Gasteiger partial charge is 0.343 e. The molecule has 0 saturated carbocycles. The van der Waals surface area contributed by atoms with Gasteiger partial charge in [0.15, 0.2) is 18.1 Å². The number of nitrogens with zero attached hydrogens (tertiary/aromatic N) is 1. The first-order valence-electron chi connectivity index (χ1n) is 8.24. The molecule has 6 nitrogen and oxygen atoms in total. The summed E-state index contributed by atoms with van der Waals surface area (Å²) in [4.78, 5) is 12.6. The van der Waals surface area contributed by atoms with Gasteiger partial charge < -0.3 is 19.7 Å². The molecule has 4 rings (SSSR count). The molecule has 0 unspecified atom stereocenters. The summed E-state index contributed by atoms with van der Waals surface area (Å²) < 4.78 is 6.85. The summed E-state index contributed by atoms with van der Waals surface area (Å²) >= 11 is 0. The Morgan fingerprint density at radius 2 is 1.67 bits per heavy atom. The molecule has 0 atom stereocenters. The third-order valence-electron chi connectivity index (χ3n) is 4.37. The van der Waals surface area contributed by atoms with E-state index in [2.05, 4.69) is 0 Å². The molecule has 2 N–H and O–H groups in total. The predicted octanol–water partition coefficient (Wildman–Crippen LogP) is 2.53. The van der Waals surface area contributed by atoms with Crippen molar-refractivity contribution in [3.63, 3.8) is 0 Å². The van der Waals surface area contributed by atoms with Crippen LogP contribution in [0, 0.1) is 6.92 Å². The van der Waals surface area contributed by atoms with E-state index in [9.17, 15) is 20.1 Å². The van der Waals surface area contributed by atoms with Gasteiger partial charge in [0.25, 0.3) is 5.69 Å². The SMILES string of the molecule is Cc1ccc2c([O-])c(-c3c(O)ccc(O)c3-[n+]3ccccc3)c(=O)oc2c1. The minimum absolute atomic E-state index is 0.0765. The number of rotatable bonds is 2. The highest BCUT2D eigenvalue weighted by Crippen LogP contribution is 2.41. The lowest BCUT2D eigenvalue weighted by molar-refractivity contribution is -0.595. The fourth-order valence-corrected chi connectivity index (χ4v) is 3.12. The normalized spacial score (nSPS) is 11.0. The van der Waals surface area contributed by atoms with Crippen molar-refractivity contribution in [3.8, 4) is 34.1 Å². The van der Waals surface area contributed by atoms with E-state index in [4.69, 9.17) is 4.42 Å². The van der Waals surface area contributed by atoms with Crippen LogP contribution in [0.4, 0.5) is 0 Å². The van der Waals surface area contributed by atoms with Crippen molar-refractivity contribution in [3.05, 3.63) is 76.9 Å². The lowest BCUT2D eigenvalue weighted by Crippen LogP contribution is -2.30. The maximum atomic E-state index is 13.0. The van der Waals surface area contributed by atoms with Crippen molar-refractivity contribution < 1.29 is 24.3 Å². The first-order chi connectivity index (χ1) is 13.0. The van der Waals surface area contributed by atoms with Crippen molar-refractivity contribution in [1.82, 2.24) is 0 Å². The monoisotopic (exact) mass is 361 g/mol. The van der Waals surface area contributed by atoms with Crippen molar-refractivity contribution in [2.45, 2.75) is 6.92 Å². The van der Waals surface area contributed by atoms with Crippen LogP contribution in [-0.4, -0.2) is 10.2 Å². The molecule has 0 aliphatic heterocycles. The molecule has 0 aliphatic rings. The Bertz CT molecular complexity index is 1230. The van der Waals surface area contributed by atoms with Crippen LogP contribution >= 0.6 is 0 Å². The Kier molecular flexibility index (Phi) is 3.81. The Morgan fingerprint density at radius 1 is 0.963 bits per heavy atom. The highest BCUT2D eigenvalue weighted by molar-refractivity contribution is 5.93. The second kappa shape index (κ2) is 6.17. The fourth-order valence-electron chi connectivity index (χ4n) is 3.12. The summed E-state index contributed by atoms with van der Waals surface area (Å²) in [6, 6.07) is 12.7. The Hall–Kier alpha value is -3.80. The zero-order chi connectivity index (χ0) is 19.1. The van der Waals surface area contributed by atoms with E-state index in [0.29, 0.717) is 0 Å². The van der Waals surface area contributed by atoms with Gasteiger partial charge in [-0.1, -0.05) is 23.9 Å². The van der Waals surface area contributed by atoms with Crippen molar-refractivity contribution in [2.75, 3.05) is 0 Å². The number of pyridine rings is 1. The molecule has 0 aliphatic carbocycles. The summed E-state index contributed by atoms with van der Waals surface area (Å²) in [5, 5.41) is 34.1. The van der Waals surface area contributed by atoms with Gasteiger partial charge in [-0.15, -0.1) is 0 Å². The Morgan fingerprint density at radius 3 is 2.41 bits per heavy atom. The molecule has 134 valence electrons. The van der Waals surface area contributed by atoms with E-state index in [1.54, 1.807) is 48.8 Å². The second-order valence-corrected chi connectivity index (χ2v) is 6.20.